The Hall–Kier alpha value is -0.600. The molecule has 1 saturated carbocycles. The van der Waals surface area contributed by atoms with E-state index in [-0.39, 0.29) is 0 Å². The maximum Gasteiger partial charge on any atom is 0.129 e. The highest BCUT2D eigenvalue weighted by molar-refractivity contribution is 6.29. The fourth-order valence-electron chi connectivity index (χ4n) is 1.21. The lowest BCUT2D eigenvalue weighted by molar-refractivity contribution is 0.150. The van der Waals surface area contributed by atoms with Gasteiger partial charge in [0.05, 0.1) is 5.60 Å². The molecule has 0 aromatic carbocycles. The van der Waals surface area contributed by atoms with Crippen molar-refractivity contribution in [2.45, 2.75) is 24.9 Å². The molecule has 0 saturated heterocycles. The molecule has 0 amide bonds. The van der Waals surface area contributed by atoms with Crippen molar-refractivity contribution in [2.24, 2.45) is 0 Å². The fourth-order valence-corrected chi connectivity index (χ4v) is 1.39. The third-order valence-corrected chi connectivity index (χ3v) is 2.32. The molecule has 1 fully saturated rings. The summed E-state index contributed by atoms with van der Waals surface area (Å²) in [5, 5.41) is 10.1. The van der Waals surface area contributed by atoms with Gasteiger partial charge in [-0.3, -0.25) is 0 Å². The average Bonchev–Trinajstić information content (AvgIpc) is 2.67. The van der Waals surface area contributed by atoms with Gasteiger partial charge in [0.2, 0.25) is 0 Å². The van der Waals surface area contributed by atoms with Gasteiger partial charge in [-0.2, -0.15) is 0 Å². The van der Waals surface area contributed by atoms with E-state index in [4.69, 9.17) is 11.6 Å². The summed E-state index contributed by atoms with van der Waals surface area (Å²) in [6.45, 7) is 0. The topological polar surface area (TPSA) is 33.1 Å². The Morgan fingerprint density at radius 1 is 1.50 bits per heavy atom. The Bertz CT molecular complexity index is 296. The van der Waals surface area contributed by atoms with Crippen LogP contribution in [0.5, 0.6) is 0 Å². The molecule has 0 spiro atoms. The summed E-state index contributed by atoms with van der Waals surface area (Å²) in [6.07, 6.45) is 2.41. The van der Waals surface area contributed by atoms with E-state index in [0.717, 1.165) is 18.5 Å². The Morgan fingerprint density at radius 3 is 2.83 bits per heavy atom. The quantitative estimate of drug-likeness (QED) is 0.710. The van der Waals surface area contributed by atoms with Crippen LogP contribution in [0.25, 0.3) is 0 Å². The number of halogens is 1. The molecule has 1 aromatic heterocycles. The first kappa shape index (κ1) is 8.02. The number of aromatic nitrogens is 1. The van der Waals surface area contributed by atoms with Crippen molar-refractivity contribution in [3.63, 3.8) is 0 Å². The first-order valence-electron chi connectivity index (χ1n) is 4.02. The van der Waals surface area contributed by atoms with Gasteiger partial charge in [0.25, 0.3) is 0 Å². The second kappa shape index (κ2) is 2.71. The smallest absolute Gasteiger partial charge is 0.129 e. The van der Waals surface area contributed by atoms with E-state index in [9.17, 15) is 5.11 Å². The summed E-state index contributed by atoms with van der Waals surface area (Å²) in [7, 11) is 0. The molecule has 2 nitrogen and oxygen atoms in total. The maximum atomic E-state index is 9.59. The van der Waals surface area contributed by atoms with Gasteiger partial charge in [0.1, 0.15) is 5.15 Å². The highest BCUT2D eigenvalue weighted by Gasteiger charge is 2.40. The Balaban J connectivity index is 2.12. The van der Waals surface area contributed by atoms with Crippen LogP contribution in [0, 0.1) is 0 Å². The second-order valence-electron chi connectivity index (χ2n) is 3.35. The van der Waals surface area contributed by atoms with Gasteiger partial charge in [-0.25, -0.2) is 4.98 Å². The van der Waals surface area contributed by atoms with Crippen LogP contribution in [0.3, 0.4) is 0 Å². The third kappa shape index (κ3) is 1.76. The van der Waals surface area contributed by atoms with Crippen LogP contribution < -0.4 is 0 Å². The number of nitrogens with zero attached hydrogens (tertiary/aromatic N) is 1. The Morgan fingerprint density at radius 2 is 2.25 bits per heavy atom. The van der Waals surface area contributed by atoms with E-state index >= 15 is 0 Å². The highest BCUT2D eigenvalue weighted by Crippen LogP contribution is 2.37. The summed E-state index contributed by atoms with van der Waals surface area (Å²) in [5.41, 5.74) is 0.403. The molecule has 0 radical (unpaired) electrons. The highest BCUT2D eigenvalue weighted by atomic mass is 35.5. The van der Waals surface area contributed by atoms with Gasteiger partial charge in [0, 0.05) is 12.1 Å². The van der Waals surface area contributed by atoms with Crippen molar-refractivity contribution in [3.8, 4) is 0 Å². The molecule has 0 bridgehead atoms. The van der Waals surface area contributed by atoms with Gasteiger partial charge < -0.3 is 5.11 Å². The van der Waals surface area contributed by atoms with Crippen LogP contribution in [0.15, 0.2) is 18.2 Å². The van der Waals surface area contributed by atoms with E-state index in [2.05, 4.69) is 4.98 Å². The summed E-state index contributed by atoms with van der Waals surface area (Å²) < 4.78 is 0. The molecule has 12 heavy (non-hydrogen) atoms. The maximum absolute atomic E-state index is 9.59. The Labute approximate surface area is 76.2 Å². The van der Waals surface area contributed by atoms with Crippen molar-refractivity contribution in [2.75, 3.05) is 0 Å². The van der Waals surface area contributed by atoms with Crippen LogP contribution in [0.1, 0.15) is 18.5 Å². The van der Waals surface area contributed by atoms with Crippen LogP contribution in [-0.2, 0) is 6.42 Å². The van der Waals surface area contributed by atoms with Gasteiger partial charge in [-0.1, -0.05) is 17.7 Å². The first-order valence-corrected chi connectivity index (χ1v) is 4.40. The van der Waals surface area contributed by atoms with Crippen LogP contribution in [0.2, 0.25) is 5.15 Å². The van der Waals surface area contributed by atoms with Crippen molar-refractivity contribution in [1.82, 2.24) is 4.98 Å². The lowest BCUT2D eigenvalue weighted by Crippen LogP contribution is -2.11. The van der Waals surface area contributed by atoms with E-state index in [1.807, 2.05) is 12.1 Å². The molecular formula is C9H10ClNO. The van der Waals surface area contributed by atoms with E-state index < -0.39 is 5.60 Å². The van der Waals surface area contributed by atoms with Crippen molar-refractivity contribution >= 4 is 11.6 Å². The number of hydrogen-bond donors (Lipinski definition) is 1. The van der Waals surface area contributed by atoms with Crippen LogP contribution >= 0.6 is 11.6 Å². The summed E-state index contributed by atoms with van der Waals surface area (Å²) in [4.78, 5) is 4.10. The lowest BCUT2D eigenvalue weighted by Gasteiger charge is -2.05. The predicted molar refractivity (Wildman–Crippen MR) is 47.1 cm³/mol. The summed E-state index contributed by atoms with van der Waals surface area (Å²) in [6, 6.07) is 5.49. The largest absolute Gasteiger partial charge is 0.389 e. The second-order valence-corrected chi connectivity index (χ2v) is 3.74. The minimum Gasteiger partial charge on any atom is -0.389 e. The van der Waals surface area contributed by atoms with Gasteiger partial charge in [-0.15, -0.1) is 0 Å². The molecule has 64 valence electrons. The molecule has 1 heterocycles. The van der Waals surface area contributed by atoms with E-state index in [1.165, 1.54) is 0 Å². The molecule has 1 aliphatic rings. The van der Waals surface area contributed by atoms with Gasteiger partial charge in [-0.05, 0) is 25.0 Å². The molecule has 2 rings (SSSR count). The SMILES string of the molecule is OC1(Cc2cccc(Cl)n2)CC1. The fraction of sp³-hybridized carbons (Fsp3) is 0.444. The average molecular weight is 184 g/mol. The molecule has 1 aromatic rings. The molecule has 0 unspecified atom stereocenters. The molecule has 3 heteroatoms. The molecule has 1 aliphatic carbocycles. The van der Waals surface area contributed by atoms with E-state index in [0.29, 0.717) is 11.6 Å². The molecular weight excluding hydrogens is 174 g/mol. The van der Waals surface area contributed by atoms with Gasteiger partial charge in [0.15, 0.2) is 0 Å². The number of aliphatic hydroxyl groups is 1. The van der Waals surface area contributed by atoms with E-state index in [1.54, 1.807) is 6.07 Å². The van der Waals surface area contributed by atoms with Crippen LogP contribution in [0.4, 0.5) is 0 Å². The molecule has 1 N–H and O–H groups in total. The standard InChI is InChI=1S/C9H10ClNO/c10-8-3-1-2-7(11-8)6-9(12)4-5-9/h1-3,12H,4-6H2. The first-order chi connectivity index (χ1) is 5.68. The zero-order valence-electron chi connectivity index (χ0n) is 6.63. The van der Waals surface area contributed by atoms with Gasteiger partial charge >= 0.3 is 0 Å². The molecule has 0 atom stereocenters. The van der Waals surface area contributed by atoms with Crippen LogP contribution in [-0.4, -0.2) is 15.7 Å². The lowest BCUT2D eigenvalue weighted by atomic mass is 10.1. The summed E-state index contributed by atoms with van der Waals surface area (Å²) in [5.74, 6) is 0. The third-order valence-electron chi connectivity index (χ3n) is 2.11. The monoisotopic (exact) mass is 183 g/mol. The minimum absolute atomic E-state index is 0.475. The zero-order valence-corrected chi connectivity index (χ0v) is 7.38. The zero-order chi connectivity index (χ0) is 8.60. The number of pyridine rings is 1. The number of hydrogen-bond acceptors (Lipinski definition) is 2. The van der Waals surface area contributed by atoms with Crippen molar-refractivity contribution in [3.05, 3.63) is 29.0 Å². The van der Waals surface area contributed by atoms with Crippen molar-refractivity contribution < 1.29 is 5.11 Å². The number of rotatable bonds is 2. The summed E-state index contributed by atoms with van der Waals surface area (Å²) >= 11 is 5.70. The van der Waals surface area contributed by atoms with Crippen molar-refractivity contribution in [1.29, 1.82) is 0 Å². The normalized spacial score (nSPS) is 19.2. The minimum atomic E-state index is -0.475. The Kier molecular flexibility index (Phi) is 1.81. The predicted octanol–water partition coefficient (Wildman–Crippen LogP) is 1.80. The molecule has 0 aliphatic heterocycles.